The molecule has 2 aromatic rings. The van der Waals surface area contributed by atoms with Gasteiger partial charge in [-0.3, -0.25) is 0 Å². The number of nitrogen functional groups attached to an aromatic ring is 1. The lowest BCUT2D eigenvalue weighted by Crippen LogP contribution is -2.27. The normalized spacial score (nSPS) is 19.4. The lowest BCUT2D eigenvalue weighted by atomic mass is 10.1. The highest BCUT2D eigenvalue weighted by Gasteiger charge is 2.15. The molecule has 1 aliphatic heterocycles. The predicted octanol–water partition coefficient (Wildman–Crippen LogP) is 2.82. The van der Waals surface area contributed by atoms with E-state index in [0.717, 1.165) is 42.0 Å². The third-order valence-electron chi connectivity index (χ3n) is 3.58. The Morgan fingerprint density at radius 1 is 1.45 bits per heavy atom. The molecule has 0 amide bonds. The van der Waals surface area contributed by atoms with Crippen LogP contribution in [-0.4, -0.2) is 29.2 Å². The van der Waals surface area contributed by atoms with E-state index in [0.29, 0.717) is 5.95 Å². The highest BCUT2D eigenvalue weighted by molar-refractivity contribution is 7.18. The lowest BCUT2D eigenvalue weighted by Gasteiger charge is -2.23. The molecule has 1 saturated heterocycles. The molecular weight excluding hydrogens is 272 g/mol. The number of ether oxygens (including phenoxy) is 1. The van der Waals surface area contributed by atoms with E-state index in [-0.39, 0.29) is 6.10 Å². The van der Waals surface area contributed by atoms with Gasteiger partial charge in [-0.25, -0.2) is 4.98 Å². The molecule has 1 fully saturated rings. The number of fused-ring (bicyclic) bond motifs is 1. The molecule has 3 N–H and O–H groups in total. The van der Waals surface area contributed by atoms with Gasteiger partial charge in [-0.05, 0) is 31.7 Å². The van der Waals surface area contributed by atoms with Gasteiger partial charge in [0.05, 0.1) is 11.5 Å². The molecule has 2 aromatic heterocycles. The molecule has 0 bridgehead atoms. The van der Waals surface area contributed by atoms with Crippen LogP contribution in [0.5, 0.6) is 0 Å². The minimum Gasteiger partial charge on any atom is -0.376 e. The summed E-state index contributed by atoms with van der Waals surface area (Å²) in [5.41, 5.74) is 5.80. The van der Waals surface area contributed by atoms with E-state index >= 15 is 0 Å². The summed E-state index contributed by atoms with van der Waals surface area (Å²) < 4.78 is 5.73. The molecule has 0 spiro atoms. The molecule has 6 heteroatoms. The topological polar surface area (TPSA) is 73.1 Å². The van der Waals surface area contributed by atoms with E-state index in [9.17, 15) is 0 Å². The third-order valence-corrected chi connectivity index (χ3v) is 4.75. The minimum absolute atomic E-state index is 0.277. The summed E-state index contributed by atoms with van der Waals surface area (Å²) in [6.07, 6.45) is 4.81. The SMILES string of the molecule is CCc1cc2c(NCC3CCCCO3)nc(N)nc2s1. The van der Waals surface area contributed by atoms with Crippen molar-refractivity contribution >= 4 is 33.3 Å². The first kappa shape index (κ1) is 13.6. The van der Waals surface area contributed by atoms with Gasteiger partial charge in [0.25, 0.3) is 0 Å². The van der Waals surface area contributed by atoms with Crippen molar-refractivity contribution in [2.75, 3.05) is 24.2 Å². The van der Waals surface area contributed by atoms with Crippen LogP contribution in [0.2, 0.25) is 0 Å². The van der Waals surface area contributed by atoms with Crippen molar-refractivity contribution in [1.29, 1.82) is 0 Å². The van der Waals surface area contributed by atoms with E-state index in [1.807, 2.05) is 0 Å². The van der Waals surface area contributed by atoms with Crippen LogP contribution in [0.1, 0.15) is 31.1 Å². The lowest BCUT2D eigenvalue weighted by molar-refractivity contribution is 0.0247. The second-order valence-corrected chi connectivity index (χ2v) is 6.20. The molecule has 1 aliphatic rings. The number of nitrogens with two attached hydrogens (primary N) is 1. The largest absolute Gasteiger partial charge is 0.376 e. The van der Waals surface area contributed by atoms with Crippen molar-refractivity contribution in [3.63, 3.8) is 0 Å². The van der Waals surface area contributed by atoms with E-state index in [1.165, 1.54) is 17.7 Å². The summed E-state index contributed by atoms with van der Waals surface area (Å²) in [5, 5.41) is 4.45. The second-order valence-electron chi connectivity index (χ2n) is 5.08. The summed E-state index contributed by atoms with van der Waals surface area (Å²) in [4.78, 5) is 10.9. The Morgan fingerprint density at radius 2 is 2.35 bits per heavy atom. The van der Waals surface area contributed by atoms with Gasteiger partial charge in [0.15, 0.2) is 0 Å². The van der Waals surface area contributed by atoms with Crippen LogP contribution in [-0.2, 0) is 11.2 Å². The molecule has 108 valence electrons. The summed E-state index contributed by atoms with van der Waals surface area (Å²) >= 11 is 1.68. The number of nitrogens with zero attached hydrogens (tertiary/aromatic N) is 2. The number of rotatable bonds is 4. The zero-order chi connectivity index (χ0) is 13.9. The highest BCUT2D eigenvalue weighted by Crippen LogP contribution is 2.30. The minimum atomic E-state index is 0.277. The average Bonchev–Trinajstić information content (AvgIpc) is 2.88. The van der Waals surface area contributed by atoms with Crippen LogP contribution in [0.4, 0.5) is 11.8 Å². The molecule has 0 aromatic carbocycles. The van der Waals surface area contributed by atoms with Gasteiger partial charge in [0.1, 0.15) is 10.6 Å². The standard InChI is InChI=1S/C14H20N4OS/c1-2-10-7-11-12(17-14(15)18-13(11)20-10)16-8-9-5-3-4-6-19-9/h7,9H,2-6,8H2,1H3,(H3,15,16,17,18). The van der Waals surface area contributed by atoms with Gasteiger partial charge < -0.3 is 15.8 Å². The molecular formula is C14H20N4OS. The Labute approximate surface area is 122 Å². The highest BCUT2D eigenvalue weighted by atomic mass is 32.1. The fraction of sp³-hybridized carbons (Fsp3) is 0.571. The second kappa shape index (κ2) is 5.93. The van der Waals surface area contributed by atoms with Crippen LogP contribution in [0.25, 0.3) is 10.2 Å². The van der Waals surface area contributed by atoms with Crippen LogP contribution in [0, 0.1) is 0 Å². The van der Waals surface area contributed by atoms with Crippen LogP contribution in [0.15, 0.2) is 6.07 Å². The Kier molecular flexibility index (Phi) is 4.03. The Morgan fingerprint density at radius 3 is 3.10 bits per heavy atom. The smallest absolute Gasteiger partial charge is 0.223 e. The number of hydrogen-bond acceptors (Lipinski definition) is 6. The van der Waals surface area contributed by atoms with Gasteiger partial charge in [0.2, 0.25) is 5.95 Å². The predicted molar refractivity (Wildman–Crippen MR) is 83.3 cm³/mol. The van der Waals surface area contributed by atoms with Crippen molar-refractivity contribution < 1.29 is 4.74 Å². The van der Waals surface area contributed by atoms with Gasteiger partial charge in [-0.2, -0.15) is 4.98 Å². The number of anilines is 2. The van der Waals surface area contributed by atoms with E-state index in [4.69, 9.17) is 10.5 Å². The first-order valence-corrected chi connectivity index (χ1v) is 7.99. The van der Waals surface area contributed by atoms with Gasteiger partial charge in [-0.1, -0.05) is 6.92 Å². The average molecular weight is 292 g/mol. The van der Waals surface area contributed by atoms with E-state index in [1.54, 1.807) is 11.3 Å². The van der Waals surface area contributed by atoms with Crippen molar-refractivity contribution in [1.82, 2.24) is 9.97 Å². The molecule has 5 nitrogen and oxygen atoms in total. The summed E-state index contributed by atoms with van der Waals surface area (Å²) in [5.74, 6) is 1.16. The van der Waals surface area contributed by atoms with Crippen molar-refractivity contribution in [2.24, 2.45) is 0 Å². The van der Waals surface area contributed by atoms with Crippen LogP contribution in [0.3, 0.4) is 0 Å². The first-order chi connectivity index (χ1) is 9.76. The van der Waals surface area contributed by atoms with Crippen LogP contribution < -0.4 is 11.1 Å². The summed E-state index contributed by atoms with van der Waals surface area (Å²) in [6, 6.07) is 2.16. The molecule has 3 rings (SSSR count). The molecule has 20 heavy (non-hydrogen) atoms. The maximum atomic E-state index is 5.80. The zero-order valence-electron chi connectivity index (χ0n) is 11.7. The van der Waals surface area contributed by atoms with Gasteiger partial charge in [-0.15, -0.1) is 11.3 Å². The Balaban J connectivity index is 1.80. The zero-order valence-corrected chi connectivity index (χ0v) is 12.5. The van der Waals surface area contributed by atoms with E-state index in [2.05, 4.69) is 28.3 Å². The maximum Gasteiger partial charge on any atom is 0.223 e. The first-order valence-electron chi connectivity index (χ1n) is 7.17. The van der Waals surface area contributed by atoms with E-state index < -0.39 is 0 Å². The number of aromatic nitrogens is 2. The molecule has 1 atom stereocenters. The monoisotopic (exact) mass is 292 g/mol. The van der Waals surface area contributed by atoms with Gasteiger partial charge in [0, 0.05) is 18.0 Å². The fourth-order valence-corrected chi connectivity index (χ4v) is 3.45. The Bertz CT molecular complexity index is 592. The van der Waals surface area contributed by atoms with Crippen LogP contribution >= 0.6 is 11.3 Å². The quantitative estimate of drug-likeness (QED) is 0.906. The molecule has 3 heterocycles. The Hall–Kier alpha value is -1.40. The summed E-state index contributed by atoms with van der Waals surface area (Å²) in [6.45, 7) is 3.79. The number of nitrogens with one attached hydrogen (secondary N) is 1. The third kappa shape index (κ3) is 2.86. The molecule has 0 radical (unpaired) electrons. The molecule has 0 saturated carbocycles. The molecule has 0 aliphatic carbocycles. The summed E-state index contributed by atoms with van der Waals surface area (Å²) in [7, 11) is 0. The number of thiophene rings is 1. The van der Waals surface area contributed by atoms with Crippen molar-refractivity contribution in [3.8, 4) is 0 Å². The fourth-order valence-electron chi connectivity index (χ4n) is 2.48. The van der Waals surface area contributed by atoms with Crippen molar-refractivity contribution in [2.45, 2.75) is 38.7 Å². The van der Waals surface area contributed by atoms with Gasteiger partial charge >= 0.3 is 0 Å². The maximum absolute atomic E-state index is 5.80. The van der Waals surface area contributed by atoms with Crippen molar-refractivity contribution in [3.05, 3.63) is 10.9 Å². The number of hydrogen-bond donors (Lipinski definition) is 2. The molecule has 1 unspecified atom stereocenters. The number of aryl methyl sites for hydroxylation is 1.